The van der Waals surface area contributed by atoms with Crippen LogP contribution < -0.4 is 0 Å². The van der Waals surface area contributed by atoms with Gasteiger partial charge in [0.1, 0.15) is 5.01 Å². The molecule has 0 amide bonds. The zero-order valence-electron chi connectivity index (χ0n) is 13.5. The minimum absolute atomic E-state index is 0.643. The summed E-state index contributed by atoms with van der Waals surface area (Å²) >= 11 is 3.19. The quantitative estimate of drug-likeness (QED) is 0.523. The molecule has 0 unspecified atom stereocenters. The van der Waals surface area contributed by atoms with Crippen molar-refractivity contribution in [3.05, 3.63) is 40.9 Å². The van der Waals surface area contributed by atoms with Gasteiger partial charge in [-0.3, -0.25) is 4.68 Å². The van der Waals surface area contributed by atoms with Crippen LogP contribution in [0.5, 0.6) is 0 Å². The molecule has 0 fully saturated rings. The zero-order valence-corrected chi connectivity index (χ0v) is 15.1. The highest BCUT2D eigenvalue weighted by Crippen LogP contribution is 2.26. The standard InChI is InChI=1S/C15H15N7S2/c1-9-4-10(2)22-14(17-9)19-15(20-22)24-8-12-7-23-13(18-12)11-5-16-21(3)6-11/h4-7H,8H2,1-3H3. The second-order valence-corrected chi connectivity index (χ2v) is 7.28. The van der Waals surface area contributed by atoms with Crippen molar-refractivity contribution in [3.8, 4) is 10.6 Å². The third kappa shape index (κ3) is 2.92. The third-order valence-corrected chi connectivity index (χ3v) is 5.26. The summed E-state index contributed by atoms with van der Waals surface area (Å²) in [6.45, 7) is 3.97. The van der Waals surface area contributed by atoms with Crippen LogP contribution in [0.3, 0.4) is 0 Å². The molecule has 0 spiro atoms. The summed E-state index contributed by atoms with van der Waals surface area (Å²) in [5, 5.41) is 12.5. The number of rotatable bonds is 4. The normalized spacial score (nSPS) is 11.5. The Labute approximate surface area is 146 Å². The van der Waals surface area contributed by atoms with Crippen molar-refractivity contribution in [2.24, 2.45) is 7.05 Å². The predicted molar refractivity (Wildman–Crippen MR) is 94.1 cm³/mol. The Balaban J connectivity index is 1.51. The van der Waals surface area contributed by atoms with E-state index in [-0.39, 0.29) is 0 Å². The van der Waals surface area contributed by atoms with E-state index >= 15 is 0 Å². The number of thiazole rings is 1. The van der Waals surface area contributed by atoms with Crippen LogP contribution in [0.1, 0.15) is 17.1 Å². The highest BCUT2D eigenvalue weighted by Gasteiger charge is 2.11. The molecule has 0 aliphatic carbocycles. The van der Waals surface area contributed by atoms with Gasteiger partial charge in [0.05, 0.1) is 11.9 Å². The first-order valence-corrected chi connectivity index (χ1v) is 9.22. The average molecular weight is 357 g/mol. The molecule has 0 saturated carbocycles. The molecule has 0 saturated heterocycles. The number of nitrogens with zero attached hydrogens (tertiary/aromatic N) is 7. The molecule has 122 valence electrons. The lowest BCUT2D eigenvalue weighted by molar-refractivity contribution is 0.768. The van der Waals surface area contributed by atoms with Gasteiger partial charge in [0.2, 0.25) is 5.16 Å². The molecule has 0 aliphatic rings. The molecule has 0 bridgehead atoms. The van der Waals surface area contributed by atoms with E-state index in [1.165, 1.54) is 0 Å². The number of hydrogen-bond donors (Lipinski definition) is 0. The van der Waals surface area contributed by atoms with Gasteiger partial charge in [-0.1, -0.05) is 11.8 Å². The van der Waals surface area contributed by atoms with Gasteiger partial charge in [0.15, 0.2) is 0 Å². The van der Waals surface area contributed by atoms with Crippen LogP contribution in [-0.4, -0.2) is 34.3 Å². The van der Waals surface area contributed by atoms with Gasteiger partial charge in [-0.25, -0.2) is 14.5 Å². The second kappa shape index (κ2) is 5.99. The molecule has 0 aliphatic heterocycles. The summed E-state index contributed by atoms with van der Waals surface area (Å²) in [4.78, 5) is 13.6. The molecule has 0 radical (unpaired) electrons. The van der Waals surface area contributed by atoms with E-state index < -0.39 is 0 Å². The van der Waals surface area contributed by atoms with Gasteiger partial charge in [-0.05, 0) is 19.9 Å². The fourth-order valence-electron chi connectivity index (χ4n) is 2.39. The van der Waals surface area contributed by atoms with Crippen molar-refractivity contribution in [2.75, 3.05) is 0 Å². The lowest BCUT2D eigenvalue weighted by Crippen LogP contribution is -1.97. The lowest BCUT2D eigenvalue weighted by atomic mass is 10.4. The summed E-state index contributed by atoms with van der Waals surface area (Å²) in [6.07, 6.45) is 3.80. The third-order valence-electron chi connectivity index (χ3n) is 3.45. The topological polar surface area (TPSA) is 73.8 Å². The fraction of sp³-hybridized carbons (Fsp3) is 0.267. The van der Waals surface area contributed by atoms with Crippen molar-refractivity contribution < 1.29 is 0 Å². The average Bonchev–Trinajstić information content (AvgIpc) is 3.23. The number of fused-ring (bicyclic) bond motifs is 1. The Morgan fingerprint density at radius 1 is 1.21 bits per heavy atom. The highest BCUT2D eigenvalue weighted by atomic mass is 32.2. The first kappa shape index (κ1) is 15.3. The van der Waals surface area contributed by atoms with Crippen molar-refractivity contribution >= 4 is 28.9 Å². The molecule has 7 nitrogen and oxygen atoms in total. The molecular formula is C15H15N7S2. The molecule has 0 atom stereocenters. The first-order valence-electron chi connectivity index (χ1n) is 7.36. The minimum atomic E-state index is 0.643. The SMILES string of the molecule is Cc1cc(C)n2nc(SCc3csc(-c4cnn(C)c4)n3)nc2n1. The maximum Gasteiger partial charge on any atom is 0.253 e. The maximum atomic E-state index is 4.66. The predicted octanol–water partition coefficient (Wildman–Crippen LogP) is 2.89. The van der Waals surface area contributed by atoms with Crippen LogP contribution in [0.4, 0.5) is 0 Å². The Hall–Kier alpha value is -2.26. The van der Waals surface area contributed by atoms with Crippen LogP contribution in [0.25, 0.3) is 16.3 Å². The summed E-state index contributed by atoms with van der Waals surface area (Å²) in [5.74, 6) is 1.37. The molecule has 24 heavy (non-hydrogen) atoms. The Morgan fingerprint density at radius 2 is 2.08 bits per heavy atom. The Kier molecular flexibility index (Phi) is 3.81. The first-order chi connectivity index (χ1) is 11.6. The number of aromatic nitrogens is 7. The molecule has 0 N–H and O–H groups in total. The molecule has 4 heterocycles. The van der Waals surface area contributed by atoms with Crippen LogP contribution in [-0.2, 0) is 12.8 Å². The lowest BCUT2D eigenvalue weighted by Gasteiger charge is -1.97. The second-order valence-electron chi connectivity index (χ2n) is 5.48. The summed E-state index contributed by atoms with van der Waals surface area (Å²) in [6, 6.07) is 2.00. The van der Waals surface area contributed by atoms with Crippen molar-refractivity contribution in [2.45, 2.75) is 24.8 Å². The van der Waals surface area contributed by atoms with Crippen molar-refractivity contribution in [1.82, 2.24) is 34.3 Å². The molecule has 4 rings (SSSR count). The number of aryl methyl sites for hydroxylation is 3. The van der Waals surface area contributed by atoms with Gasteiger partial charge in [-0.15, -0.1) is 16.4 Å². The largest absolute Gasteiger partial charge is 0.275 e. The van der Waals surface area contributed by atoms with Gasteiger partial charge >= 0.3 is 0 Å². The van der Waals surface area contributed by atoms with Crippen LogP contribution in [0.2, 0.25) is 0 Å². The molecule has 4 aromatic rings. The minimum Gasteiger partial charge on any atom is -0.275 e. The number of thioether (sulfide) groups is 1. The van der Waals surface area contributed by atoms with E-state index in [1.54, 1.807) is 32.3 Å². The summed E-state index contributed by atoms with van der Waals surface area (Å²) in [5.41, 5.74) is 4.04. The molecule has 4 aromatic heterocycles. The van der Waals surface area contributed by atoms with Crippen molar-refractivity contribution in [3.63, 3.8) is 0 Å². The van der Waals surface area contributed by atoms with Gasteiger partial charge in [0.25, 0.3) is 5.78 Å². The van der Waals surface area contributed by atoms with Crippen LogP contribution in [0.15, 0.2) is 29.0 Å². The van der Waals surface area contributed by atoms with Crippen molar-refractivity contribution in [1.29, 1.82) is 0 Å². The summed E-state index contributed by atoms with van der Waals surface area (Å²) in [7, 11) is 1.90. The van der Waals surface area contributed by atoms with E-state index in [1.807, 2.05) is 39.4 Å². The highest BCUT2D eigenvalue weighted by molar-refractivity contribution is 7.98. The van der Waals surface area contributed by atoms with Crippen LogP contribution in [0, 0.1) is 13.8 Å². The molecule has 0 aromatic carbocycles. The van der Waals surface area contributed by atoms with E-state index in [4.69, 9.17) is 0 Å². The zero-order chi connectivity index (χ0) is 16.7. The fourth-order valence-corrected chi connectivity index (χ4v) is 4.00. The van der Waals surface area contributed by atoms with E-state index in [0.717, 1.165) is 33.4 Å². The van der Waals surface area contributed by atoms with Gasteiger partial charge in [0, 0.05) is 41.3 Å². The van der Waals surface area contributed by atoms with E-state index in [0.29, 0.717) is 10.9 Å². The number of hydrogen-bond acceptors (Lipinski definition) is 7. The Bertz CT molecular complexity index is 1010. The smallest absolute Gasteiger partial charge is 0.253 e. The summed E-state index contributed by atoms with van der Waals surface area (Å²) < 4.78 is 3.56. The maximum absolute atomic E-state index is 4.66. The van der Waals surface area contributed by atoms with Gasteiger partial charge < -0.3 is 0 Å². The molecule has 9 heteroatoms. The Morgan fingerprint density at radius 3 is 2.88 bits per heavy atom. The van der Waals surface area contributed by atoms with Crippen LogP contribution >= 0.6 is 23.1 Å². The van der Waals surface area contributed by atoms with Gasteiger partial charge in [-0.2, -0.15) is 10.1 Å². The van der Waals surface area contributed by atoms with E-state index in [9.17, 15) is 0 Å². The molecular weight excluding hydrogens is 342 g/mol. The van der Waals surface area contributed by atoms with E-state index in [2.05, 4.69) is 30.5 Å². The monoisotopic (exact) mass is 357 g/mol.